The van der Waals surface area contributed by atoms with Crippen LogP contribution in [0.3, 0.4) is 0 Å². The molecule has 2 aromatic heterocycles. The number of imidazole rings is 1. The fourth-order valence-electron chi connectivity index (χ4n) is 7.28. The number of aliphatic hydroxyl groups is 3. The third kappa shape index (κ3) is 5.61. The first kappa shape index (κ1) is 29.2. The van der Waals surface area contributed by atoms with Crippen molar-refractivity contribution >= 4 is 28.7 Å². The molecule has 4 fully saturated rings. The number of quaternary nitrogens is 2. The number of nitrogens with zero attached hydrogens (tertiary/aromatic N) is 7. The summed E-state index contributed by atoms with van der Waals surface area (Å²) in [6.07, 6.45) is -2.80. The number of fused-ring (bicyclic) bond motifs is 1. The van der Waals surface area contributed by atoms with E-state index in [1.54, 1.807) is 6.33 Å². The topological polar surface area (TPSA) is 157 Å². The second-order valence-corrected chi connectivity index (χ2v) is 12.8. The summed E-state index contributed by atoms with van der Waals surface area (Å²) >= 11 is 5.96. The Morgan fingerprint density at radius 3 is 2.10 bits per heavy atom. The second-order valence-electron chi connectivity index (χ2n) is 12.4. The number of nitrogen functional groups attached to an aromatic ring is 1. The Balaban J connectivity index is 1.08. The van der Waals surface area contributed by atoms with E-state index in [9.17, 15) is 20.1 Å². The zero-order valence-electron chi connectivity index (χ0n) is 23.7. The van der Waals surface area contributed by atoms with Gasteiger partial charge in [0.15, 0.2) is 6.33 Å². The molecule has 4 atom stereocenters. The van der Waals surface area contributed by atoms with E-state index in [-0.39, 0.29) is 17.2 Å². The van der Waals surface area contributed by atoms with Crippen LogP contribution in [0.1, 0.15) is 6.23 Å². The number of nitrogens with two attached hydrogens (primary N) is 1. The van der Waals surface area contributed by atoms with Crippen LogP contribution < -0.4 is 15.9 Å². The molecule has 4 saturated heterocycles. The van der Waals surface area contributed by atoms with E-state index in [1.807, 2.05) is 4.57 Å². The molecule has 14 nitrogen and oxygen atoms in total. The van der Waals surface area contributed by atoms with E-state index in [4.69, 9.17) is 22.1 Å². The summed E-state index contributed by atoms with van der Waals surface area (Å²) in [7, 11) is 0. The largest absolute Gasteiger partial charge is 0.394 e. The molecule has 6 N–H and O–H groups in total. The zero-order chi connectivity index (χ0) is 28.8. The van der Waals surface area contributed by atoms with E-state index in [0.717, 1.165) is 52.4 Å². The predicted molar refractivity (Wildman–Crippen MR) is 151 cm³/mol. The number of rotatable bonds is 7. The fourth-order valence-corrected chi connectivity index (χ4v) is 7.52. The Kier molecular flexibility index (Phi) is 8.30. The average Bonchev–Trinajstić information content (AvgIpc) is 3.48. The van der Waals surface area contributed by atoms with Crippen LogP contribution in [-0.2, 0) is 11.3 Å². The number of aromatic amines is 1. The van der Waals surface area contributed by atoms with Gasteiger partial charge in [0.05, 0.1) is 39.3 Å². The first-order valence-corrected chi connectivity index (χ1v) is 15.4. The summed E-state index contributed by atoms with van der Waals surface area (Å²) in [5, 5.41) is 30.4. The molecular formula is C26H45ClN9O5+3. The number of alkyl halides is 1. The van der Waals surface area contributed by atoms with Gasteiger partial charge in [0.25, 0.3) is 11.5 Å². The summed E-state index contributed by atoms with van der Waals surface area (Å²) in [6.45, 7) is 16.0. The summed E-state index contributed by atoms with van der Waals surface area (Å²) in [6, 6.07) is 0. The van der Waals surface area contributed by atoms with Gasteiger partial charge >= 0.3 is 5.65 Å². The van der Waals surface area contributed by atoms with Gasteiger partial charge in [0.1, 0.15) is 44.5 Å². The predicted octanol–water partition coefficient (Wildman–Crippen LogP) is -3.28. The molecule has 0 amide bonds. The Morgan fingerprint density at radius 1 is 0.976 bits per heavy atom. The number of aromatic nitrogens is 4. The van der Waals surface area contributed by atoms with Gasteiger partial charge in [0.2, 0.25) is 11.7 Å². The molecule has 6 rings (SSSR count). The number of anilines is 1. The molecular weight excluding hydrogens is 554 g/mol. The van der Waals surface area contributed by atoms with Gasteiger partial charge in [-0.1, -0.05) is 4.98 Å². The number of H-pyrrole nitrogens is 1. The van der Waals surface area contributed by atoms with Crippen LogP contribution in [0.25, 0.3) is 11.2 Å². The molecule has 228 valence electrons. The number of hydrogen-bond donors (Lipinski definition) is 5. The summed E-state index contributed by atoms with van der Waals surface area (Å²) in [5.74, 6) is 0.667. The van der Waals surface area contributed by atoms with Gasteiger partial charge in [-0.25, -0.2) is 4.57 Å². The molecule has 4 aliphatic rings. The van der Waals surface area contributed by atoms with Crippen molar-refractivity contribution in [3.05, 3.63) is 16.7 Å². The van der Waals surface area contributed by atoms with Crippen molar-refractivity contribution in [2.45, 2.75) is 31.1 Å². The summed E-state index contributed by atoms with van der Waals surface area (Å²) < 4.78 is 11.5. The lowest BCUT2D eigenvalue weighted by atomic mass is 10.1. The Hall–Kier alpha value is -1.88. The van der Waals surface area contributed by atoms with Crippen LogP contribution in [0.2, 0.25) is 0 Å². The van der Waals surface area contributed by atoms with E-state index in [2.05, 4.69) is 19.8 Å². The number of aliphatic hydroxyl groups excluding tert-OH is 3. The standard InChI is InChI=1S/C26H44ClN9O5/c27-1-2-31-5-9-35(10-6-31)13-15-36(16-14-35)11-7-32(8-12-36)3-4-33-18-34(23-20(33)24(40)30-26(28)29-23)25-22(39)21(38)19(17-37)41-25/h18-19,21-22,25,37-39H,1-17H2,(H2-,28,29,30,40)/q+2/p+1/t19-,21-,22-,25-/m1/s1. The number of piperazine rings is 3. The van der Waals surface area contributed by atoms with Gasteiger partial charge in [-0.05, 0) is 0 Å². The van der Waals surface area contributed by atoms with Gasteiger partial charge in [0, 0.05) is 45.1 Å². The second kappa shape index (κ2) is 11.7. The molecule has 15 heteroatoms. The maximum Gasteiger partial charge on any atom is 0.313 e. The van der Waals surface area contributed by atoms with Gasteiger partial charge in [-0.2, -0.15) is 0 Å². The number of nitrogens with one attached hydrogen (secondary N) is 1. The third-order valence-corrected chi connectivity index (χ3v) is 10.4. The van der Waals surface area contributed by atoms with Crippen LogP contribution in [0.15, 0.2) is 11.1 Å². The smallest absolute Gasteiger partial charge is 0.313 e. The molecule has 0 radical (unpaired) electrons. The molecule has 41 heavy (non-hydrogen) atoms. The highest BCUT2D eigenvalue weighted by atomic mass is 35.5. The van der Waals surface area contributed by atoms with E-state index >= 15 is 0 Å². The van der Waals surface area contributed by atoms with E-state index in [0.29, 0.717) is 17.9 Å². The number of ether oxygens (including phenoxy) is 1. The van der Waals surface area contributed by atoms with Crippen LogP contribution in [0, 0.1) is 0 Å². The van der Waals surface area contributed by atoms with Crippen LogP contribution in [-0.4, -0.2) is 171 Å². The van der Waals surface area contributed by atoms with Crippen LogP contribution >= 0.6 is 11.6 Å². The van der Waals surface area contributed by atoms with Crippen molar-refractivity contribution in [3.8, 4) is 0 Å². The Morgan fingerprint density at radius 2 is 1.56 bits per heavy atom. The van der Waals surface area contributed by atoms with Gasteiger partial charge in [-0.15, -0.1) is 11.6 Å². The number of hydrogen-bond acceptors (Lipinski definition) is 9. The lowest BCUT2D eigenvalue weighted by molar-refractivity contribution is -1.03. The molecule has 6 heterocycles. The maximum atomic E-state index is 12.9. The molecule has 0 aromatic carbocycles. The fraction of sp³-hybridized carbons (Fsp3) is 0.808. The number of halogens is 1. The highest BCUT2D eigenvalue weighted by Gasteiger charge is 2.47. The Bertz CT molecular complexity index is 1260. The van der Waals surface area contributed by atoms with Crippen LogP contribution in [0.5, 0.6) is 0 Å². The normalized spacial score (nSPS) is 30.5. The van der Waals surface area contributed by atoms with Crippen LogP contribution in [0.4, 0.5) is 5.95 Å². The zero-order valence-corrected chi connectivity index (χ0v) is 24.4. The molecule has 4 aliphatic heterocycles. The summed E-state index contributed by atoms with van der Waals surface area (Å²) in [5.41, 5.74) is 6.05. The van der Waals surface area contributed by atoms with Crippen molar-refractivity contribution in [2.24, 2.45) is 0 Å². The molecule has 0 saturated carbocycles. The van der Waals surface area contributed by atoms with Crippen molar-refractivity contribution in [2.75, 3.05) is 110 Å². The van der Waals surface area contributed by atoms with E-state index < -0.39 is 31.1 Å². The minimum atomic E-state index is -1.29. The average molecular weight is 599 g/mol. The first-order chi connectivity index (χ1) is 19.8. The summed E-state index contributed by atoms with van der Waals surface area (Å²) in [4.78, 5) is 24.8. The lowest BCUT2D eigenvalue weighted by Gasteiger charge is -2.54. The lowest BCUT2D eigenvalue weighted by Crippen LogP contribution is -2.73. The minimum Gasteiger partial charge on any atom is -0.394 e. The molecule has 2 spiro atoms. The third-order valence-electron chi connectivity index (χ3n) is 10.2. The van der Waals surface area contributed by atoms with Crippen molar-refractivity contribution in [1.29, 1.82) is 0 Å². The quantitative estimate of drug-likeness (QED) is 0.125. The van der Waals surface area contributed by atoms with Crippen molar-refractivity contribution in [1.82, 2.24) is 24.3 Å². The van der Waals surface area contributed by atoms with Crippen molar-refractivity contribution < 1.29 is 33.6 Å². The van der Waals surface area contributed by atoms with Gasteiger partial charge < -0.3 is 34.8 Å². The first-order valence-electron chi connectivity index (χ1n) is 14.9. The maximum absolute atomic E-state index is 12.9. The SMILES string of the molecule is Nc1nc2c(c(=O)[nH]1)n(CCN1CC[N+]3(CC1)CC[N+]1(CCN(CCCl)CC1)CC3)c[n+]2[C@@H]1O[C@H](CO)[C@@H](O)[C@H]1O. The highest BCUT2D eigenvalue weighted by Crippen LogP contribution is 2.27. The molecule has 0 unspecified atom stereocenters. The highest BCUT2D eigenvalue weighted by molar-refractivity contribution is 6.18. The monoisotopic (exact) mass is 598 g/mol. The van der Waals surface area contributed by atoms with Crippen molar-refractivity contribution in [3.63, 3.8) is 0 Å². The van der Waals surface area contributed by atoms with Gasteiger partial charge in [-0.3, -0.25) is 24.1 Å². The molecule has 0 aliphatic carbocycles. The Labute approximate surface area is 244 Å². The van der Waals surface area contributed by atoms with E-state index in [1.165, 1.54) is 52.8 Å². The minimum absolute atomic E-state index is 0.0477. The molecule has 0 bridgehead atoms. The molecule has 2 aromatic rings.